The van der Waals surface area contributed by atoms with Crippen molar-refractivity contribution in [3.8, 4) is 0 Å². The Hall–Kier alpha value is -1.49. The summed E-state index contributed by atoms with van der Waals surface area (Å²) in [5.74, 6) is 0.0794. The van der Waals surface area contributed by atoms with E-state index in [-0.39, 0.29) is 12.5 Å². The maximum absolute atomic E-state index is 10.8. The van der Waals surface area contributed by atoms with Crippen molar-refractivity contribution >= 4 is 5.91 Å². The molecule has 0 bridgehead atoms. The molecule has 17 heavy (non-hydrogen) atoms. The normalized spacial score (nSPS) is 12.4. The molecule has 0 fully saturated rings. The van der Waals surface area contributed by atoms with Crippen LogP contribution in [-0.2, 0) is 11.2 Å². The minimum absolute atomic E-state index is 0.0951. The van der Waals surface area contributed by atoms with E-state index in [1.165, 1.54) is 0 Å². The molecule has 1 heterocycles. The molecular formula is C12H20N4O. The lowest BCUT2D eigenvalue weighted by Crippen LogP contribution is -2.22. The van der Waals surface area contributed by atoms with E-state index in [1.807, 2.05) is 6.92 Å². The molecule has 1 aromatic heterocycles. The van der Waals surface area contributed by atoms with Gasteiger partial charge in [-0.25, -0.2) is 9.97 Å². The lowest BCUT2D eigenvalue weighted by molar-refractivity contribution is -0.117. The van der Waals surface area contributed by atoms with Crippen molar-refractivity contribution < 1.29 is 4.79 Å². The van der Waals surface area contributed by atoms with Gasteiger partial charge in [0.05, 0.1) is 6.42 Å². The fraction of sp³-hybridized carbons (Fsp3) is 0.583. The summed E-state index contributed by atoms with van der Waals surface area (Å²) >= 11 is 0. The second-order valence-corrected chi connectivity index (χ2v) is 4.15. The van der Waals surface area contributed by atoms with Crippen LogP contribution in [0.5, 0.6) is 0 Å². The minimum atomic E-state index is -0.408. The van der Waals surface area contributed by atoms with Crippen LogP contribution in [0.15, 0.2) is 6.20 Å². The number of hydrogen-bond donors (Lipinski definition) is 2. The Balaban J connectivity index is 2.78. The molecule has 0 aliphatic heterocycles. The number of nitrogens with zero attached hydrogens (tertiary/aromatic N) is 2. The molecule has 5 heteroatoms. The van der Waals surface area contributed by atoms with Gasteiger partial charge in [0.25, 0.3) is 0 Å². The van der Waals surface area contributed by atoms with Crippen LogP contribution in [-0.4, -0.2) is 22.4 Å². The van der Waals surface area contributed by atoms with Gasteiger partial charge in [0.1, 0.15) is 5.82 Å². The van der Waals surface area contributed by atoms with Gasteiger partial charge in [-0.3, -0.25) is 4.79 Å². The average Bonchev–Trinajstić information content (AvgIpc) is 2.25. The van der Waals surface area contributed by atoms with Crippen LogP contribution >= 0.6 is 0 Å². The molecule has 5 nitrogen and oxygen atoms in total. The quantitative estimate of drug-likeness (QED) is 0.768. The fourth-order valence-corrected chi connectivity index (χ4v) is 1.66. The molecule has 1 rings (SSSR count). The molecule has 0 spiro atoms. The monoisotopic (exact) mass is 236 g/mol. The van der Waals surface area contributed by atoms with Gasteiger partial charge in [0, 0.05) is 23.5 Å². The number of aryl methyl sites for hydroxylation is 1. The van der Waals surface area contributed by atoms with Crippen LogP contribution in [0.25, 0.3) is 0 Å². The lowest BCUT2D eigenvalue weighted by atomic mass is 10.1. The Morgan fingerprint density at radius 1 is 1.59 bits per heavy atom. The van der Waals surface area contributed by atoms with E-state index in [0.717, 1.165) is 24.2 Å². The van der Waals surface area contributed by atoms with E-state index >= 15 is 0 Å². The van der Waals surface area contributed by atoms with Crippen LogP contribution in [0, 0.1) is 6.92 Å². The highest BCUT2D eigenvalue weighted by Crippen LogP contribution is 2.14. The number of aromatic nitrogens is 2. The highest BCUT2D eigenvalue weighted by molar-refractivity contribution is 5.75. The van der Waals surface area contributed by atoms with Crippen molar-refractivity contribution in [2.45, 2.75) is 39.7 Å². The van der Waals surface area contributed by atoms with Crippen molar-refractivity contribution in [1.82, 2.24) is 15.3 Å². The number of nitrogens with one attached hydrogen (secondary N) is 1. The first-order chi connectivity index (χ1) is 8.04. The SMILES string of the molecule is CCCNC(C)c1cnc(CC(N)=O)nc1C. The van der Waals surface area contributed by atoms with Crippen LogP contribution in [0.1, 0.15) is 43.4 Å². The summed E-state index contributed by atoms with van der Waals surface area (Å²) in [6.45, 7) is 7.09. The number of carbonyl (C=O) groups is 1. The second-order valence-electron chi connectivity index (χ2n) is 4.15. The predicted molar refractivity (Wildman–Crippen MR) is 66.4 cm³/mol. The van der Waals surface area contributed by atoms with Gasteiger partial charge < -0.3 is 11.1 Å². The van der Waals surface area contributed by atoms with Crippen LogP contribution in [0.3, 0.4) is 0 Å². The largest absolute Gasteiger partial charge is 0.369 e. The highest BCUT2D eigenvalue weighted by atomic mass is 16.1. The van der Waals surface area contributed by atoms with Crippen LogP contribution in [0.2, 0.25) is 0 Å². The van der Waals surface area contributed by atoms with Crippen LogP contribution in [0.4, 0.5) is 0 Å². The molecule has 0 radical (unpaired) electrons. The van der Waals surface area contributed by atoms with Crippen molar-refractivity contribution in [3.63, 3.8) is 0 Å². The molecule has 0 saturated heterocycles. The first-order valence-electron chi connectivity index (χ1n) is 5.88. The van der Waals surface area contributed by atoms with E-state index in [9.17, 15) is 4.79 Å². The second kappa shape index (κ2) is 6.30. The molecule has 1 amide bonds. The minimum Gasteiger partial charge on any atom is -0.369 e. The van der Waals surface area contributed by atoms with Gasteiger partial charge in [0.2, 0.25) is 5.91 Å². The molecule has 0 saturated carbocycles. The number of amides is 1. The first kappa shape index (κ1) is 13.6. The van der Waals surface area contributed by atoms with Gasteiger partial charge in [-0.15, -0.1) is 0 Å². The Kier molecular flexibility index (Phi) is 5.03. The van der Waals surface area contributed by atoms with Crippen molar-refractivity contribution in [2.24, 2.45) is 5.73 Å². The van der Waals surface area contributed by atoms with Gasteiger partial charge in [0.15, 0.2) is 0 Å². The summed E-state index contributed by atoms with van der Waals surface area (Å²) in [7, 11) is 0. The summed E-state index contributed by atoms with van der Waals surface area (Å²) in [4.78, 5) is 19.2. The third-order valence-corrected chi connectivity index (χ3v) is 2.57. The average molecular weight is 236 g/mol. The zero-order valence-electron chi connectivity index (χ0n) is 10.7. The van der Waals surface area contributed by atoms with E-state index in [2.05, 4.69) is 29.1 Å². The van der Waals surface area contributed by atoms with E-state index in [4.69, 9.17) is 5.73 Å². The summed E-state index contributed by atoms with van der Waals surface area (Å²) in [5.41, 5.74) is 7.06. The maximum Gasteiger partial charge on any atom is 0.225 e. The first-order valence-corrected chi connectivity index (χ1v) is 5.88. The molecule has 0 aromatic carbocycles. The van der Waals surface area contributed by atoms with Gasteiger partial charge >= 0.3 is 0 Å². The summed E-state index contributed by atoms with van der Waals surface area (Å²) < 4.78 is 0. The molecule has 1 atom stereocenters. The van der Waals surface area contributed by atoms with E-state index in [1.54, 1.807) is 6.20 Å². The van der Waals surface area contributed by atoms with Crippen LogP contribution < -0.4 is 11.1 Å². The van der Waals surface area contributed by atoms with Crippen molar-refractivity contribution in [2.75, 3.05) is 6.54 Å². The third-order valence-electron chi connectivity index (χ3n) is 2.57. The zero-order valence-corrected chi connectivity index (χ0v) is 10.7. The number of nitrogens with two attached hydrogens (primary N) is 1. The van der Waals surface area contributed by atoms with Gasteiger partial charge in [-0.1, -0.05) is 6.92 Å². The predicted octanol–water partition coefficient (Wildman–Crippen LogP) is 0.873. The molecule has 1 unspecified atom stereocenters. The fourth-order valence-electron chi connectivity index (χ4n) is 1.66. The van der Waals surface area contributed by atoms with E-state index < -0.39 is 5.91 Å². The summed E-state index contributed by atoms with van der Waals surface area (Å²) in [5, 5.41) is 3.38. The lowest BCUT2D eigenvalue weighted by Gasteiger charge is -2.15. The molecule has 0 aliphatic rings. The number of rotatable bonds is 6. The van der Waals surface area contributed by atoms with Crippen molar-refractivity contribution in [3.05, 3.63) is 23.3 Å². The standard InChI is InChI=1S/C12H20N4O/c1-4-5-14-8(2)10-7-15-12(6-11(13)17)16-9(10)3/h7-8,14H,4-6H2,1-3H3,(H2,13,17). The smallest absolute Gasteiger partial charge is 0.225 e. The highest BCUT2D eigenvalue weighted by Gasteiger charge is 2.11. The number of carbonyl (C=O) groups excluding carboxylic acids is 1. The Bertz CT molecular complexity index is 392. The molecule has 94 valence electrons. The summed E-state index contributed by atoms with van der Waals surface area (Å²) in [6, 6.07) is 0.220. The third kappa shape index (κ3) is 4.11. The molecule has 1 aromatic rings. The summed E-state index contributed by atoms with van der Waals surface area (Å²) in [6.07, 6.45) is 2.95. The Morgan fingerprint density at radius 3 is 2.82 bits per heavy atom. The number of primary amides is 1. The van der Waals surface area contributed by atoms with E-state index in [0.29, 0.717) is 5.82 Å². The molecular weight excluding hydrogens is 216 g/mol. The number of hydrogen-bond acceptors (Lipinski definition) is 4. The molecule has 3 N–H and O–H groups in total. The molecule has 0 aliphatic carbocycles. The van der Waals surface area contributed by atoms with Crippen molar-refractivity contribution in [1.29, 1.82) is 0 Å². The van der Waals surface area contributed by atoms with Gasteiger partial charge in [-0.2, -0.15) is 0 Å². The Labute approximate surface area is 102 Å². The van der Waals surface area contributed by atoms with Gasteiger partial charge in [-0.05, 0) is 26.8 Å². The maximum atomic E-state index is 10.8. The topological polar surface area (TPSA) is 80.9 Å². The zero-order chi connectivity index (χ0) is 12.8. The Morgan fingerprint density at radius 2 is 2.29 bits per heavy atom.